The Morgan fingerprint density at radius 2 is 1.15 bits per heavy atom. The summed E-state index contributed by atoms with van der Waals surface area (Å²) in [5, 5.41) is 5.45. The summed E-state index contributed by atoms with van der Waals surface area (Å²) in [6.07, 6.45) is 24.9. The fourth-order valence-electron chi connectivity index (χ4n) is 8.86. The van der Waals surface area contributed by atoms with Crippen LogP contribution in [-0.4, -0.2) is 23.4 Å². The van der Waals surface area contributed by atoms with E-state index in [-0.39, 0.29) is 10.8 Å². The number of hydrogen-bond acceptors (Lipinski definition) is 1. The summed E-state index contributed by atoms with van der Waals surface area (Å²) >= 11 is 0. The van der Waals surface area contributed by atoms with Gasteiger partial charge in [-0.25, -0.2) is 0 Å². The Hall–Kier alpha value is -3.91. The van der Waals surface area contributed by atoms with Crippen molar-refractivity contribution in [2.45, 2.75) is 103 Å². The smallest absolute Gasteiger partial charge is 0.210 e. The number of benzene rings is 4. The molecule has 0 radical (unpaired) electrons. The van der Waals surface area contributed by atoms with Crippen LogP contribution in [0.5, 0.6) is 0 Å². The van der Waals surface area contributed by atoms with Crippen molar-refractivity contribution in [3.8, 4) is 0 Å². The molecule has 0 atom stereocenters. The van der Waals surface area contributed by atoms with Gasteiger partial charge in [-0.1, -0.05) is 132 Å². The third-order valence-electron chi connectivity index (χ3n) is 11.3. The van der Waals surface area contributed by atoms with Crippen LogP contribution in [0, 0.1) is 0 Å². The average molecular weight is 622 g/mol. The van der Waals surface area contributed by atoms with Gasteiger partial charge >= 0.3 is 0 Å². The molecule has 0 N–H and O–H groups in total. The molecule has 2 nitrogen and oxygen atoms in total. The fraction of sp³-hybridized carbons (Fsp3) is 0.400. The maximum Gasteiger partial charge on any atom is 0.210 e. The molecule has 0 bridgehead atoms. The van der Waals surface area contributed by atoms with Gasteiger partial charge < -0.3 is 4.90 Å². The molecule has 0 saturated heterocycles. The first-order chi connectivity index (χ1) is 22.9. The van der Waals surface area contributed by atoms with E-state index in [0.717, 1.165) is 13.1 Å². The Bertz CT molecular complexity index is 1900. The summed E-state index contributed by atoms with van der Waals surface area (Å²) in [6, 6.07) is 27.3. The van der Waals surface area contributed by atoms with Crippen molar-refractivity contribution in [3.63, 3.8) is 0 Å². The Kier molecular flexibility index (Phi) is 8.97. The molecule has 242 valence electrons. The fourth-order valence-corrected chi connectivity index (χ4v) is 8.86. The lowest BCUT2D eigenvalue weighted by Gasteiger charge is -2.27. The summed E-state index contributed by atoms with van der Waals surface area (Å²) in [7, 11) is 0. The predicted molar refractivity (Wildman–Crippen MR) is 204 cm³/mol. The summed E-state index contributed by atoms with van der Waals surface area (Å²) in [5.74, 6) is 0. The molecular weight excluding hydrogens is 569 g/mol. The summed E-state index contributed by atoms with van der Waals surface area (Å²) in [6.45, 7) is 11.9. The van der Waals surface area contributed by atoms with Crippen LogP contribution in [0.1, 0.15) is 103 Å². The molecule has 0 unspecified atom stereocenters. The zero-order valence-electron chi connectivity index (χ0n) is 29.2. The molecule has 7 rings (SSSR count). The highest BCUT2D eigenvalue weighted by molar-refractivity contribution is 6.07. The van der Waals surface area contributed by atoms with Crippen LogP contribution in [0.4, 0.5) is 11.4 Å². The topological polar surface area (TPSA) is 6.25 Å². The van der Waals surface area contributed by atoms with Gasteiger partial charge in [0.1, 0.15) is 6.54 Å². The van der Waals surface area contributed by atoms with Crippen LogP contribution in [0.3, 0.4) is 0 Å². The van der Waals surface area contributed by atoms with E-state index < -0.39 is 0 Å². The molecular formula is C45H53N2+. The van der Waals surface area contributed by atoms with Crippen LogP contribution in [-0.2, 0) is 10.8 Å². The monoisotopic (exact) mass is 621 g/mol. The molecule has 0 saturated carbocycles. The molecule has 3 heterocycles. The maximum atomic E-state index is 2.64. The highest BCUT2D eigenvalue weighted by atomic mass is 15.2. The zero-order valence-corrected chi connectivity index (χ0v) is 29.2. The summed E-state index contributed by atoms with van der Waals surface area (Å²) < 4.78 is 2.64. The zero-order chi connectivity index (χ0) is 32.4. The molecule has 0 aliphatic carbocycles. The maximum absolute atomic E-state index is 2.64. The molecule has 4 aromatic carbocycles. The van der Waals surface area contributed by atoms with E-state index in [1.807, 2.05) is 0 Å². The van der Waals surface area contributed by atoms with Crippen molar-refractivity contribution < 1.29 is 4.58 Å². The van der Waals surface area contributed by atoms with Crippen LogP contribution in [0.15, 0.2) is 109 Å². The normalized spacial score (nSPS) is 22.8. The van der Waals surface area contributed by atoms with E-state index in [1.165, 1.54) is 120 Å². The average Bonchev–Trinajstić information content (AvgIpc) is 3.43. The van der Waals surface area contributed by atoms with Gasteiger partial charge in [0.2, 0.25) is 5.69 Å². The molecule has 0 amide bonds. The Morgan fingerprint density at radius 3 is 1.85 bits per heavy atom. The highest BCUT2D eigenvalue weighted by Gasteiger charge is 2.45. The van der Waals surface area contributed by atoms with Crippen molar-refractivity contribution in [1.82, 2.24) is 0 Å². The van der Waals surface area contributed by atoms with Gasteiger partial charge in [0, 0.05) is 47.5 Å². The number of fused-ring (bicyclic) bond motifs is 9. The van der Waals surface area contributed by atoms with Crippen LogP contribution in [0.25, 0.3) is 21.5 Å². The summed E-state index contributed by atoms with van der Waals surface area (Å²) in [4.78, 5) is 2.64. The lowest BCUT2D eigenvalue weighted by atomic mass is 9.79. The van der Waals surface area contributed by atoms with Gasteiger partial charge in [-0.2, -0.15) is 4.58 Å². The number of anilines is 1. The van der Waals surface area contributed by atoms with Gasteiger partial charge in [-0.15, -0.1) is 0 Å². The standard InChI is InChI=1S/C45H53N2/c1-44(2)40-26-14-13-15-27-41-45(3,4)43-37-25-19-17-23-35(37)29-31-39(43)47(41)33-21-12-10-8-6-5-7-9-11-20-32-46(40)38-30-28-34-22-16-18-24-36(34)42(38)44/h13-19,22-31H,5-12,20-21,32-33H2,1-4H3/q+1. The van der Waals surface area contributed by atoms with Gasteiger partial charge in [0.05, 0.1) is 5.41 Å². The van der Waals surface area contributed by atoms with Gasteiger partial charge in [0.25, 0.3) is 0 Å². The minimum Gasteiger partial charge on any atom is -0.344 e. The predicted octanol–water partition coefficient (Wildman–Crippen LogP) is 12.1. The number of nitrogens with zero attached hydrogens (tertiary/aromatic N) is 2. The number of allylic oxidation sites excluding steroid dienone is 6. The van der Waals surface area contributed by atoms with Crippen LogP contribution in [0.2, 0.25) is 0 Å². The van der Waals surface area contributed by atoms with Crippen molar-refractivity contribution in [2.75, 3.05) is 18.0 Å². The number of hydrogen-bond donors (Lipinski definition) is 0. The van der Waals surface area contributed by atoms with Gasteiger partial charge in [0.15, 0.2) is 5.71 Å². The lowest BCUT2D eigenvalue weighted by molar-refractivity contribution is -0.438. The molecule has 3 aliphatic heterocycles. The molecule has 0 spiro atoms. The molecule has 47 heavy (non-hydrogen) atoms. The van der Waals surface area contributed by atoms with E-state index in [2.05, 4.69) is 140 Å². The van der Waals surface area contributed by atoms with Crippen molar-refractivity contribution >= 4 is 38.6 Å². The lowest BCUT2D eigenvalue weighted by Crippen LogP contribution is -2.28. The third-order valence-corrected chi connectivity index (χ3v) is 11.3. The van der Waals surface area contributed by atoms with E-state index in [1.54, 1.807) is 0 Å². The minimum atomic E-state index is -0.0683. The molecule has 4 aromatic rings. The molecule has 0 aromatic heterocycles. The summed E-state index contributed by atoms with van der Waals surface area (Å²) in [5.41, 5.74) is 8.43. The van der Waals surface area contributed by atoms with Crippen LogP contribution >= 0.6 is 0 Å². The van der Waals surface area contributed by atoms with Crippen LogP contribution < -0.4 is 4.90 Å². The Morgan fingerprint density at radius 1 is 0.553 bits per heavy atom. The first-order valence-corrected chi connectivity index (χ1v) is 18.4. The van der Waals surface area contributed by atoms with E-state index in [0.29, 0.717) is 0 Å². The van der Waals surface area contributed by atoms with E-state index in [9.17, 15) is 0 Å². The van der Waals surface area contributed by atoms with Crippen molar-refractivity contribution in [2.24, 2.45) is 0 Å². The van der Waals surface area contributed by atoms with Gasteiger partial charge in [-0.05, 0) is 72.0 Å². The second kappa shape index (κ2) is 13.3. The highest BCUT2D eigenvalue weighted by Crippen LogP contribution is 2.51. The number of rotatable bonds is 0. The molecule has 2 heteroatoms. The van der Waals surface area contributed by atoms with Crippen molar-refractivity contribution in [3.05, 3.63) is 120 Å². The second-order valence-electron chi connectivity index (χ2n) is 15.1. The van der Waals surface area contributed by atoms with E-state index in [4.69, 9.17) is 0 Å². The SMILES string of the molecule is CC1(C)C2=[N+](CCCCCCCCCCCCN3/C(=C/C=C/C=C/2)C(C)(C)c2c3ccc3ccccc23)c2ccc3ccccc3c21. The third kappa shape index (κ3) is 5.90. The Balaban J connectivity index is 1.25. The van der Waals surface area contributed by atoms with Crippen molar-refractivity contribution in [1.29, 1.82) is 0 Å². The molecule has 3 aliphatic rings. The van der Waals surface area contributed by atoms with E-state index >= 15 is 0 Å². The first-order valence-electron chi connectivity index (χ1n) is 18.4. The minimum absolute atomic E-state index is 0.0683. The molecule has 0 fully saturated rings. The quantitative estimate of drug-likeness (QED) is 0.177. The van der Waals surface area contributed by atoms with Gasteiger partial charge in [-0.3, -0.25) is 0 Å². The largest absolute Gasteiger partial charge is 0.344 e. The second-order valence-corrected chi connectivity index (χ2v) is 15.1. The first kappa shape index (κ1) is 31.7. The Labute approximate surface area is 283 Å².